The van der Waals surface area contributed by atoms with Gasteiger partial charge in [0.05, 0.1) is 5.02 Å². The van der Waals surface area contributed by atoms with Crippen molar-refractivity contribution in [3.05, 3.63) is 64.1 Å². The Labute approximate surface area is 135 Å². The van der Waals surface area contributed by atoms with E-state index in [-0.39, 0.29) is 6.10 Å². The molecule has 1 atom stereocenters. The van der Waals surface area contributed by atoms with E-state index in [0.717, 1.165) is 12.1 Å². The van der Waals surface area contributed by atoms with Gasteiger partial charge in [-0.05, 0) is 36.6 Å². The molecule has 2 nitrogen and oxygen atoms in total. The number of benzene rings is 2. The molecule has 3 rings (SSSR count). The third-order valence-corrected chi connectivity index (χ3v) is 4.03. The average molecular weight is 322 g/mol. The molecule has 2 aromatic carbocycles. The molecule has 2 aromatic rings. The standard InChI is InChI=1S/C17H17Cl2NO/c18-13-6-9-16(15(19)10-13)21-17(11-20-14-7-8-14)12-4-2-1-3-5-12/h1-6,9-10,14,17,20H,7-8,11H2. The maximum Gasteiger partial charge on any atom is 0.139 e. The van der Waals surface area contributed by atoms with E-state index >= 15 is 0 Å². The Hall–Kier alpha value is -1.22. The zero-order chi connectivity index (χ0) is 14.7. The van der Waals surface area contributed by atoms with Crippen LogP contribution in [-0.2, 0) is 0 Å². The summed E-state index contributed by atoms with van der Waals surface area (Å²) in [6, 6.07) is 16.1. The van der Waals surface area contributed by atoms with Crippen LogP contribution < -0.4 is 10.1 Å². The van der Waals surface area contributed by atoms with E-state index in [4.69, 9.17) is 27.9 Å². The maximum atomic E-state index is 6.21. The first kappa shape index (κ1) is 14.7. The highest BCUT2D eigenvalue weighted by Crippen LogP contribution is 2.31. The number of ether oxygens (including phenoxy) is 1. The van der Waals surface area contributed by atoms with Gasteiger partial charge in [0.15, 0.2) is 0 Å². The minimum Gasteiger partial charge on any atom is -0.483 e. The smallest absolute Gasteiger partial charge is 0.139 e. The van der Waals surface area contributed by atoms with Crippen molar-refractivity contribution in [1.29, 1.82) is 0 Å². The fourth-order valence-electron chi connectivity index (χ4n) is 2.18. The summed E-state index contributed by atoms with van der Waals surface area (Å²) >= 11 is 12.1. The van der Waals surface area contributed by atoms with E-state index in [1.54, 1.807) is 12.1 Å². The first-order chi connectivity index (χ1) is 10.2. The fraction of sp³-hybridized carbons (Fsp3) is 0.294. The van der Waals surface area contributed by atoms with Gasteiger partial charge in [0.2, 0.25) is 0 Å². The first-order valence-corrected chi connectivity index (χ1v) is 7.88. The maximum absolute atomic E-state index is 6.21. The quantitative estimate of drug-likeness (QED) is 0.819. The lowest BCUT2D eigenvalue weighted by atomic mass is 10.1. The molecule has 0 amide bonds. The van der Waals surface area contributed by atoms with E-state index in [2.05, 4.69) is 17.4 Å². The van der Waals surface area contributed by atoms with Crippen LogP contribution in [0.2, 0.25) is 10.0 Å². The van der Waals surface area contributed by atoms with Crippen molar-refractivity contribution in [3.8, 4) is 5.75 Å². The number of halogens is 2. The minimum absolute atomic E-state index is 0.0644. The number of rotatable bonds is 6. The molecule has 21 heavy (non-hydrogen) atoms. The lowest BCUT2D eigenvalue weighted by Crippen LogP contribution is -2.26. The SMILES string of the molecule is Clc1ccc(OC(CNC2CC2)c2ccccc2)c(Cl)c1. The van der Waals surface area contributed by atoms with E-state index in [9.17, 15) is 0 Å². The second kappa shape index (κ2) is 6.69. The molecular weight excluding hydrogens is 305 g/mol. The lowest BCUT2D eigenvalue weighted by Gasteiger charge is -2.21. The molecule has 1 aliphatic carbocycles. The molecule has 0 spiro atoms. The van der Waals surface area contributed by atoms with E-state index in [1.807, 2.05) is 24.3 Å². The molecule has 1 unspecified atom stereocenters. The van der Waals surface area contributed by atoms with Crippen LogP contribution in [0, 0.1) is 0 Å². The topological polar surface area (TPSA) is 21.3 Å². The third-order valence-electron chi connectivity index (χ3n) is 3.50. The van der Waals surface area contributed by atoms with Crippen LogP contribution in [0.4, 0.5) is 0 Å². The number of hydrogen-bond acceptors (Lipinski definition) is 2. The summed E-state index contributed by atoms with van der Waals surface area (Å²) in [5, 5.41) is 4.66. The summed E-state index contributed by atoms with van der Waals surface area (Å²) in [6.45, 7) is 0.771. The van der Waals surface area contributed by atoms with Gasteiger partial charge in [0.25, 0.3) is 0 Å². The van der Waals surface area contributed by atoms with Gasteiger partial charge in [-0.1, -0.05) is 53.5 Å². The minimum atomic E-state index is -0.0644. The number of nitrogens with one attached hydrogen (secondary N) is 1. The van der Waals surface area contributed by atoms with Gasteiger partial charge in [0, 0.05) is 17.6 Å². The zero-order valence-corrected chi connectivity index (χ0v) is 13.1. The summed E-state index contributed by atoms with van der Waals surface area (Å²) in [6.07, 6.45) is 2.44. The van der Waals surface area contributed by atoms with Crippen LogP contribution in [0.3, 0.4) is 0 Å². The van der Waals surface area contributed by atoms with E-state index in [0.29, 0.717) is 21.8 Å². The molecular formula is C17H17Cl2NO. The highest BCUT2D eigenvalue weighted by Gasteiger charge is 2.23. The summed E-state index contributed by atoms with van der Waals surface area (Å²) in [4.78, 5) is 0. The van der Waals surface area contributed by atoms with Gasteiger partial charge in [0.1, 0.15) is 11.9 Å². The van der Waals surface area contributed by atoms with Gasteiger partial charge < -0.3 is 10.1 Å². The van der Waals surface area contributed by atoms with Gasteiger partial charge in [-0.2, -0.15) is 0 Å². The van der Waals surface area contributed by atoms with Crippen molar-refractivity contribution in [1.82, 2.24) is 5.32 Å². The third kappa shape index (κ3) is 4.13. The molecule has 0 aromatic heterocycles. The molecule has 4 heteroatoms. The Morgan fingerprint density at radius 3 is 2.52 bits per heavy atom. The Kier molecular flexibility index (Phi) is 4.69. The Balaban J connectivity index is 1.77. The molecule has 1 fully saturated rings. The monoisotopic (exact) mass is 321 g/mol. The normalized spacial score (nSPS) is 15.7. The molecule has 0 bridgehead atoms. The van der Waals surface area contributed by atoms with Gasteiger partial charge in [-0.25, -0.2) is 0 Å². The van der Waals surface area contributed by atoms with Crippen LogP contribution in [0.25, 0.3) is 0 Å². The van der Waals surface area contributed by atoms with Crippen LogP contribution >= 0.6 is 23.2 Å². The highest BCUT2D eigenvalue weighted by molar-refractivity contribution is 6.35. The summed E-state index contributed by atoms with van der Waals surface area (Å²) in [5.41, 5.74) is 1.14. The predicted molar refractivity (Wildman–Crippen MR) is 87.3 cm³/mol. The molecule has 0 radical (unpaired) electrons. The van der Waals surface area contributed by atoms with Crippen LogP contribution in [0.5, 0.6) is 5.75 Å². The summed E-state index contributed by atoms with van der Waals surface area (Å²) < 4.78 is 6.11. The second-order valence-electron chi connectivity index (χ2n) is 5.27. The molecule has 1 saturated carbocycles. The number of hydrogen-bond donors (Lipinski definition) is 1. The van der Waals surface area contributed by atoms with Crippen molar-refractivity contribution < 1.29 is 4.74 Å². The highest BCUT2D eigenvalue weighted by atomic mass is 35.5. The van der Waals surface area contributed by atoms with Crippen molar-refractivity contribution >= 4 is 23.2 Å². The zero-order valence-electron chi connectivity index (χ0n) is 11.6. The van der Waals surface area contributed by atoms with Gasteiger partial charge in [-0.3, -0.25) is 0 Å². The largest absolute Gasteiger partial charge is 0.483 e. The lowest BCUT2D eigenvalue weighted by molar-refractivity contribution is 0.201. The molecule has 110 valence electrons. The molecule has 1 aliphatic rings. The Morgan fingerprint density at radius 1 is 1.10 bits per heavy atom. The Bertz CT molecular complexity index is 599. The average Bonchev–Trinajstić information content (AvgIpc) is 3.31. The summed E-state index contributed by atoms with van der Waals surface area (Å²) in [7, 11) is 0. The molecule has 0 saturated heterocycles. The van der Waals surface area contributed by atoms with Crippen molar-refractivity contribution in [2.45, 2.75) is 25.0 Å². The Morgan fingerprint density at radius 2 is 1.86 bits per heavy atom. The van der Waals surface area contributed by atoms with Crippen LogP contribution in [0.15, 0.2) is 48.5 Å². The van der Waals surface area contributed by atoms with Gasteiger partial charge >= 0.3 is 0 Å². The summed E-state index contributed by atoms with van der Waals surface area (Å²) in [5.74, 6) is 0.660. The van der Waals surface area contributed by atoms with E-state index in [1.165, 1.54) is 12.8 Å². The van der Waals surface area contributed by atoms with Crippen molar-refractivity contribution in [2.75, 3.05) is 6.54 Å². The van der Waals surface area contributed by atoms with Crippen molar-refractivity contribution in [2.24, 2.45) is 0 Å². The van der Waals surface area contributed by atoms with Crippen molar-refractivity contribution in [3.63, 3.8) is 0 Å². The predicted octanol–water partition coefficient (Wildman–Crippen LogP) is 4.87. The molecule has 0 aliphatic heterocycles. The first-order valence-electron chi connectivity index (χ1n) is 7.12. The van der Waals surface area contributed by atoms with E-state index < -0.39 is 0 Å². The molecule has 1 N–H and O–H groups in total. The van der Waals surface area contributed by atoms with Crippen LogP contribution in [0.1, 0.15) is 24.5 Å². The van der Waals surface area contributed by atoms with Crippen LogP contribution in [-0.4, -0.2) is 12.6 Å². The second-order valence-corrected chi connectivity index (χ2v) is 6.12. The van der Waals surface area contributed by atoms with Gasteiger partial charge in [-0.15, -0.1) is 0 Å². The fourth-order valence-corrected chi connectivity index (χ4v) is 2.63. The molecule has 0 heterocycles.